The van der Waals surface area contributed by atoms with Crippen LogP contribution in [-0.4, -0.2) is 49.1 Å². The number of aliphatic hydroxyl groups excluding tert-OH is 1. The Morgan fingerprint density at radius 1 is 1.14 bits per heavy atom. The second-order valence-corrected chi connectivity index (χ2v) is 7.58. The van der Waals surface area contributed by atoms with Gasteiger partial charge in [-0.3, -0.25) is 19.4 Å². The molecule has 0 bridgehead atoms. The van der Waals surface area contributed by atoms with Crippen LogP contribution >= 0.6 is 15.9 Å². The highest BCUT2D eigenvalue weighted by atomic mass is 79.9. The summed E-state index contributed by atoms with van der Waals surface area (Å²) in [5.41, 5.74) is 2.46. The van der Waals surface area contributed by atoms with Crippen LogP contribution in [0.3, 0.4) is 0 Å². The molecule has 0 radical (unpaired) electrons. The third-order valence-electron chi connectivity index (χ3n) is 5.15. The van der Waals surface area contributed by atoms with Gasteiger partial charge in [-0.05, 0) is 40.2 Å². The lowest BCUT2D eigenvalue weighted by molar-refractivity contribution is -0.114. The highest BCUT2D eigenvalue weighted by molar-refractivity contribution is 9.10. The van der Waals surface area contributed by atoms with E-state index in [-0.39, 0.29) is 6.67 Å². The molecule has 2 aliphatic heterocycles. The minimum absolute atomic E-state index is 0.185. The number of carbonyl (C=O) groups excluding carboxylic acids is 2. The van der Waals surface area contributed by atoms with Crippen LogP contribution in [0.1, 0.15) is 27.6 Å². The van der Waals surface area contributed by atoms with Gasteiger partial charge in [0.1, 0.15) is 11.5 Å². The smallest absolute Gasteiger partial charge is 0.300 e. The van der Waals surface area contributed by atoms with Gasteiger partial charge in [-0.15, -0.1) is 0 Å². The van der Waals surface area contributed by atoms with E-state index in [0.717, 1.165) is 5.56 Å². The van der Waals surface area contributed by atoms with Crippen molar-refractivity contribution in [3.05, 3.63) is 51.5 Å². The van der Waals surface area contributed by atoms with Crippen molar-refractivity contribution < 1.29 is 24.2 Å². The van der Waals surface area contributed by atoms with Crippen molar-refractivity contribution in [3.63, 3.8) is 0 Å². The van der Waals surface area contributed by atoms with E-state index in [0.29, 0.717) is 45.9 Å². The maximum absolute atomic E-state index is 12.6. The van der Waals surface area contributed by atoms with Gasteiger partial charge < -0.3 is 14.6 Å². The summed E-state index contributed by atoms with van der Waals surface area (Å²) in [5.74, 6) is 0.149. The average Bonchev–Trinajstić information content (AvgIpc) is 2.93. The van der Waals surface area contributed by atoms with Crippen LogP contribution in [0.4, 0.5) is 5.69 Å². The Kier molecular flexibility index (Phi) is 4.86. The molecule has 0 aromatic heterocycles. The van der Waals surface area contributed by atoms with Gasteiger partial charge in [0, 0.05) is 28.7 Å². The molecule has 2 aromatic rings. The predicted molar refractivity (Wildman–Crippen MR) is 106 cm³/mol. The van der Waals surface area contributed by atoms with Crippen LogP contribution in [0.15, 0.2) is 34.8 Å². The van der Waals surface area contributed by atoms with E-state index in [9.17, 15) is 14.7 Å². The van der Waals surface area contributed by atoms with Crippen LogP contribution in [0.25, 0.3) is 0 Å². The maximum atomic E-state index is 12.6. The summed E-state index contributed by atoms with van der Waals surface area (Å²) in [7, 11) is 3.13. The van der Waals surface area contributed by atoms with Crippen LogP contribution in [0, 0.1) is 0 Å². The van der Waals surface area contributed by atoms with E-state index in [4.69, 9.17) is 9.47 Å². The summed E-state index contributed by atoms with van der Waals surface area (Å²) >= 11 is 3.35. The van der Waals surface area contributed by atoms with Crippen LogP contribution in [0.5, 0.6) is 11.5 Å². The molecule has 0 saturated heterocycles. The molecule has 1 N–H and O–H groups in total. The number of aliphatic hydroxyl groups is 1. The Morgan fingerprint density at radius 3 is 2.57 bits per heavy atom. The molecule has 1 atom stereocenters. The average molecular weight is 447 g/mol. The van der Waals surface area contributed by atoms with E-state index in [1.165, 1.54) is 4.90 Å². The number of β-amino-alcohol motifs (C(OH)–C–C–N with tert-alkyl or cyclic N) is 1. The Bertz CT molecular complexity index is 977. The molecule has 1 amide bonds. The predicted octanol–water partition coefficient (Wildman–Crippen LogP) is 2.50. The SMILES string of the molecule is COc1ccc(OC)c2c1CN(CN1C(=O)C(=O)c3c(Br)cccc31)C[C@H]2O. The topological polar surface area (TPSA) is 79.3 Å². The molecule has 28 heavy (non-hydrogen) atoms. The lowest BCUT2D eigenvalue weighted by atomic mass is 9.95. The number of fused-ring (bicyclic) bond motifs is 2. The molecule has 146 valence electrons. The van der Waals surface area contributed by atoms with Crippen molar-refractivity contribution in [1.29, 1.82) is 0 Å². The van der Waals surface area contributed by atoms with Gasteiger partial charge in [0.25, 0.3) is 5.78 Å². The van der Waals surface area contributed by atoms with Crippen LogP contribution in [0.2, 0.25) is 0 Å². The van der Waals surface area contributed by atoms with Crippen molar-refractivity contribution in [1.82, 2.24) is 4.90 Å². The summed E-state index contributed by atoms with van der Waals surface area (Å²) in [6.45, 7) is 0.941. The summed E-state index contributed by atoms with van der Waals surface area (Å²) in [6.07, 6.45) is -0.802. The molecule has 8 heteroatoms. The molecule has 2 aromatic carbocycles. The molecule has 2 aliphatic rings. The van der Waals surface area contributed by atoms with Crippen molar-refractivity contribution in [3.8, 4) is 11.5 Å². The molecular weight excluding hydrogens is 428 g/mol. The van der Waals surface area contributed by atoms with Gasteiger partial charge in [-0.2, -0.15) is 0 Å². The number of anilines is 1. The lowest BCUT2D eigenvalue weighted by Crippen LogP contribution is -2.44. The zero-order chi connectivity index (χ0) is 20.0. The number of halogens is 1. The Balaban J connectivity index is 1.67. The lowest BCUT2D eigenvalue weighted by Gasteiger charge is -2.35. The van der Waals surface area contributed by atoms with Crippen molar-refractivity contribution in [2.45, 2.75) is 12.6 Å². The minimum Gasteiger partial charge on any atom is -0.496 e. The number of carbonyl (C=O) groups is 2. The monoisotopic (exact) mass is 446 g/mol. The van der Waals surface area contributed by atoms with Crippen LogP contribution in [-0.2, 0) is 11.3 Å². The van der Waals surface area contributed by atoms with Gasteiger partial charge in [0.2, 0.25) is 0 Å². The largest absolute Gasteiger partial charge is 0.496 e. The summed E-state index contributed by atoms with van der Waals surface area (Å²) < 4.78 is 11.4. The second kappa shape index (κ2) is 7.20. The Morgan fingerprint density at radius 2 is 1.86 bits per heavy atom. The van der Waals surface area contributed by atoms with Gasteiger partial charge >= 0.3 is 5.91 Å². The quantitative estimate of drug-likeness (QED) is 0.726. The number of hydrogen-bond acceptors (Lipinski definition) is 6. The number of rotatable bonds is 4. The standard InChI is InChI=1S/C20H19BrN2O5/c1-27-15-6-7-16(28-2)17-11(15)8-22(9-14(17)24)10-23-13-5-3-4-12(21)18(13)19(25)20(23)26/h3-7,14,24H,8-10H2,1-2H3/t14-/m1/s1. The third-order valence-corrected chi connectivity index (χ3v) is 5.81. The summed E-state index contributed by atoms with van der Waals surface area (Å²) in [6, 6.07) is 8.85. The van der Waals surface area contributed by atoms with Gasteiger partial charge in [0.05, 0.1) is 38.2 Å². The number of methoxy groups -OCH3 is 2. The van der Waals surface area contributed by atoms with Gasteiger partial charge in [0.15, 0.2) is 0 Å². The summed E-state index contributed by atoms with van der Waals surface area (Å²) in [4.78, 5) is 28.3. The van der Waals surface area contributed by atoms with E-state index < -0.39 is 17.8 Å². The fraction of sp³-hybridized carbons (Fsp3) is 0.300. The number of hydrogen-bond donors (Lipinski definition) is 1. The number of benzene rings is 2. The molecule has 0 unspecified atom stereocenters. The first-order chi connectivity index (χ1) is 13.5. The van der Waals surface area contributed by atoms with Gasteiger partial charge in [-0.25, -0.2) is 0 Å². The van der Waals surface area contributed by atoms with Crippen molar-refractivity contribution in [2.75, 3.05) is 32.3 Å². The number of Topliss-reactive ketones (excluding diaryl/α,β-unsaturated/α-hetero) is 1. The number of amides is 1. The third kappa shape index (κ3) is 2.88. The highest BCUT2D eigenvalue weighted by Gasteiger charge is 2.39. The first-order valence-electron chi connectivity index (χ1n) is 8.75. The van der Waals surface area contributed by atoms with E-state index in [2.05, 4.69) is 15.9 Å². The second-order valence-electron chi connectivity index (χ2n) is 6.73. The van der Waals surface area contributed by atoms with E-state index in [1.54, 1.807) is 44.6 Å². The van der Waals surface area contributed by atoms with E-state index >= 15 is 0 Å². The molecule has 7 nitrogen and oxygen atoms in total. The Hall–Kier alpha value is -2.42. The fourth-order valence-electron chi connectivity index (χ4n) is 3.89. The summed E-state index contributed by atoms with van der Waals surface area (Å²) in [5, 5.41) is 10.7. The van der Waals surface area contributed by atoms with Crippen molar-refractivity contribution >= 4 is 33.3 Å². The zero-order valence-electron chi connectivity index (χ0n) is 15.4. The fourth-order valence-corrected chi connectivity index (χ4v) is 4.43. The number of ketones is 1. The molecular formula is C20H19BrN2O5. The number of nitrogens with zero attached hydrogens (tertiary/aromatic N) is 2. The van der Waals surface area contributed by atoms with Gasteiger partial charge in [-0.1, -0.05) is 6.07 Å². The number of ether oxygens (including phenoxy) is 2. The zero-order valence-corrected chi connectivity index (χ0v) is 17.0. The molecule has 0 spiro atoms. The molecule has 0 saturated carbocycles. The molecule has 0 fully saturated rings. The molecule has 4 rings (SSSR count). The van der Waals surface area contributed by atoms with Crippen molar-refractivity contribution in [2.24, 2.45) is 0 Å². The Labute approximate surface area is 170 Å². The van der Waals surface area contributed by atoms with E-state index in [1.807, 2.05) is 4.90 Å². The minimum atomic E-state index is -0.802. The first-order valence-corrected chi connectivity index (χ1v) is 9.54. The highest BCUT2D eigenvalue weighted by Crippen LogP contribution is 2.40. The van der Waals surface area contributed by atoms with Crippen LogP contribution < -0.4 is 14.4 Å². The molecule has 2 heterocycles. The maximum Gasteiger partial charge on any atom is 0.300 e. The normalized spacial score (nSPS) is 18.9. The first kappa shape index (κ1) is 18.9. The molecule has 0 aliphatic carbocycles.